The van der Waals surface area contributed by atoms with Crippen LogP contribution in [-0.2, 0) is 26.2 Å². The van der Waals surface area contributed by atoms with E-state index in [9.17, 15) is 0 Å². The topological polar surface area (TPSA) is 17.6 Å². The lowest BCUT2D eigenvalue weighted by molar-refractivity contribution is -0.702. The first-order valence-electron chi connectivity index (χ1n) is 17.2. The summed E-state index contributed by atoms with van der Waals surface area (Å²) < 4.78 is 9.95. The molecule has 0 spiro atoms. The van der Waals surface area contributed by atoms with E-state index in [0.717, 1.165) is 51.9 Å². The van der Waals surface area contributed by atoms with Crippen LogP contribution in [0.4, 0.5) is 0 Å². The highest BCUT2D eigenvalue weighted by Gasteiger charge is 2.23. The van der Waals surface area contributed by atoms with Crippen LogP contribution in [0.3, 0.4) is 0 Å². The van der Waals surface area contributed by atoms with Crippen molar-refractivity contribution in [1.82, 2.24) is 9.13 Å². The molecule has 4 aromatic heterocycles. The lowest BCUT2D eigenvalue weighted by atomic mass is 9.98. The van der Waals surface area contributed by atoms with E-state index in [1.54, 1.807) is 0 Å². The van der Waals surface area contributed by atoms with E-state index in [1.165, 1.54) is 79.7 Å². The third kappa shape index (κ3) is 5.10. The van der Waals surface area contributed by atoms with E-state index in [1.807, 2.05) is 0 Å². The Balaban J connectivity index is 1.06. The molecule has 0 radical (unpaired) electrons. The lowest BCUT2D eigenvalue weighted by Gasteiger charge is -2.14. The van der Waals surface area contributed by atoms with E-state index in [4.69, 9.17) is 0 Å². The van der Waals surface area contributed by atoms with Crippen molar-refractivity contribution in [3.63, 3.8) is 0 Å². The van der Waals surface area contributed by atoms with Gasteiger partial charge in [-0.25, -0.2) is 0 Å². The van der Waals surface area contributed by atoms with Crippen LogP contribution >= 0.6 is 0 Å². The zero-order valence-electron chi connectivity index (χ0n) is 27.3. The highest BCUT2D eigenvalue weighted by atomic mass is 15.0. The third-order valence-electron chi connectivity index (χ3n) is 10.4. The van der Waals surface area contributed by atoms with E-state index >= 15 is 0 Å². The second-order valence-electron chi connectivity index (χ2n) is 13.1. The maximum absolute atomic E-state index is 2.57. The van der Waals surface area contributed by atoms with Gasteiger partial charge in [-0.15, -0.1) is 0 Å². The number of fused-ring (bicyclic) bond motifs is 4. The van der Waals surface area contributed by atoms with E-state index in [-0.39, 0.29) is 0 Å². The average Bonchev–Trinajstić information content (AvgIpc) is 3.52. The quantitative estimate of drug-likeness (QED) is 0.128. The Kier molecular flexibility index (Phi) is 7.65. The molecule has 8 rings (SSSR count). The molecule has 0 saturated heterocycles. The molecule has 6 aromatic rings. The summed E-state index contributed by atoms with van der Waals surface area (Å²) in [5.74, 6) is 0. The van der Waals surface area contributed by atoms with Crippen LogP contribution in [0.1, 0.15) is 72.4 Å². The SMILES string of the molecule is Cc1c(/C=C2\CCC[n+]3ccccc32)c2ccccc2n1CCCCn1c(C)c(/C=C2\CCC[n+]3ccccc32)c2ccccc21. The van der Waals surface area contributed by atoms with Gasteiger partial charge >= 0.3 is 0 Å². The first kappa shape index (κ1) is 28.8. The van der Waals surface area contributed by atoms with Gasteiger partial charge in [-0.3, -0.25) is 0 Å². The largest absolute Gasteiger partial charge is 0.344 e. The molecular formula is C42H44N4+2. The van der Waals surface area contributed by atoms with E-state index < -0.39 is 0 Å². The number of benzene rings is 2. The molecule has 0 aliphatic carbocycles. The van der Waals surface area contributed by atoms with Gasteiger partial charge in [-0.2, -0.15) is 9.13 Å². The molecule has 2 aliphatic heterocycles. The van der Waals surface area contributed by atoms with Gasteiger partial charge in [0, 0.05) is 106 Å². The predicted octanol–water partition coefficient (Wildman–Crippen LogP) is 8.94. The van der Waals surface area contributed by atoms with Crippen molar-refractivity contribution in [2.24, 2.45) is 0 Å². The fraction of sp³-hybridized carbons (Fsp3) is 0.286. The molecule has 4 nitrogen and oxygen atoms in total. The maximum Gasteiger partial charge on any atom is 0.208 e. The van der Waals surface area contributed by atoms with Crippen molar-refractivity contribution in [3.05, 3.63) is 131 Å². The van der Waals surface area contributed by atoms with Crippen molar-refractivity contribution in [3.8, 4) is 0 Å². The molecule has 2 aromatic carbocycles. The Morgan fingerprint density at radius 3 is 1.48 bits per heavy atom. The van der Waals surface area contributed by atoms with Crippen LogP contribution in [0.15, 0.2) is 97.3 Å². The maximum atomic E-state index is 2.57. The summed E-state index contributed by atoms with van der Waals surface area (Å²) in [6, 6.07) is 31.2. The van der Waals surface area contributed by atoms with E-state index in [0.29, 0.717) is 0 Å². The van der Waals surface area contributed by atoms with Crippen LogP contribution in [0.5, 0.6) is 0 Å². The van der Waals surface area contributed by atoms with Crippen LogP contribution in [0.25, 0.3) is 45.1 Å². The number of rotatable bonds is 7. The molecule has 4 heteroatoms. The molecular weight excluding hydrogens is 560 g/mol. The lowest BCUT2D eigenvalue weighted by Crippen LogP contribution is -2.40. The Morgan fingerprint density at radius 1 is 0.565 bits per heavy atom. The summed E-state index contributed by atoms with van der Waals surface area (Å²) >= 11 is 0. The highest BCUT2D eigenvalue weighted by molar-refractivity contribution is 5.97. The molecule has 0 N–H and O–H groups in total. The molecule has 6 heterocycles. The minimum atomic E-state index is 1.03. The second-order valence-corrected chi connectivity index (χ2v) is 13.1. The van der Waals surface area contributed by atoms with Gasteiger partial charge in [-0.1, -0.05) is 36.4 Å². The third-order valence-corrected chi connectivity index (χ3v) is 10.4. The minimum Gasteiger partial charge on any atom is -0.344 e. The fourth-order valence-electron chi connectivity index (χ4n) is 8.10. The number of nitrogens with zero attached hydrogens (tertiary/aromatic N) is 4. The summed E-state index contributed by atoms with van der Waals surface area (Å²) in [6.07, 6.45) is 16.4. The Labute approximate surface area is 272 Å². The number of para-hydroxylation sites is 2. The van der Waals surface area contributed by atoms with Gasteiger partial charge in [0.05, 0.1) is 0 Å². The van der Waals surface area contributed by atoms with E-state index in [2.05, 4.69) is 142 Å². The summed E-state index contributed by atoms with van der Waals surface area (Å²) in [7, 11) is 0. The number of aromatic nitrogens is 4. The zero-order chi connectivity index (χ0) is 31.0. The van der Waals surface area contributed by atoms with Gasteiger partial charge in [0.1, 0.15) is 13.1 Å². The predicted molar refractivity (Wildman–Crippen MR) is 190 cm³/mol. The standard InChI is InChI=1S/C42H44N4/c1-31-37(29-33-15-13-25-43-23-9-7-19-39(33)43)35-17-3-5-21-41(35)45(31)27-11-12-28-46-32(2)38(36-18-4-6-22-42(36)46)30-34-16-14-26-44-24-10-8-20-40(34)44/h3-10,17-24,29-30H,11-16,25-28H2,1-2H3/q+2. The molecule has 46 heavy (non-hydrogen) atoms. The smallest absolute Gasteiger partial charge is 0.208 e. The van der Waals surface area contributed by atoms with Gasteiger partial charge in [0.15, 0.2) is 12.4 Å². The number of unbranched alkanes of at least 4 members (excludes halogenated alkanes) is 1. The van der Waals surface area contributed by atoms with Crippen LogP contribution in [-0.4, -0.2) is 9.13 Å². The van der Waals surface area contributed by atoms with Crippen LogP contribution < -0.4 is 9.13 Å². The number of aryl methyl sites for hydroxylation is 4. The molecule has 0 amide bonds. The molecule has 2 aliphatic rings. The Morgan fingerprint density at radius 2 is 1.00 bits per heavy atom. The number of pyridine rings is 2. The van der Waals surface area contributed by atoms with Gasteiger partial charge < -0.3 is 9.13 Å². The number of allylic oxidation sites excluding steroid dienone is 2. The summed E-state index contributed by atoms with van der Waals surface area (Å²) in [4.78, 5) is 0. The monoisotopic (exact) mass is 604 g/mol. The van der Waals surface area contributed by atoms with Crippen molar-refractivity contribution in [1.29, 1.82) is 0 Å². The van der Waals surface area contributed by atoms with Crippen LogP contribution in [0.2, 0.25) is 0 Å². The molecule has 0 unspecified atom stereocenters. The zero-order valence-corrected chi connectivity index (χ0v) is 27.3. The second kappa shape index (κ2) is 12.2. The number of hydrogen-bond acceptors (Lipinski definition) is 0. The van der Waals surface area contributed by atoms with Crippen molar-refractivity contribution in [2.45, 2.75) is 78.6 Å². The first-order valence-corrected chi connectivity index (χ1v) is 17.2. The fourth-order valence-corrected chi connectivity index (χ4v) is 8.10. The molecule has 0 bridgehead atoms. The van der Waals surface area contributed by atoms with Crippen molar-refractivity contribution >= 4 is 45.1 Å². The van der Waals surface area contributed by atoms with Crippen molar-refractivity contribution < 1.29 is 9.13 Å². The van der Waals surface area contributed by atoms with Crippen LogP contribution in [0, 0.1) is 13.8 Å². The normalized spacial score (nSPS) is 16.4. The van der Waals surface area contributed by atoms with Gasteiger partial charge in [0.2, 0.25) is 11.4 Å². The van der Waals surface area contributed by atoms with Gasteiger partial charge in [0.25, 0.3) is 0 Å². The highest BCUT2D eigenvalue weighted by Crippen LogP contribution is 2.34. The molecule has 0 fully saturated rings. The Bertz CT molecular complexity index is 1980. The number of hydrogen-bond donors (Lipinski definition) is 0. The average molecular weight is 605 g/mol. The van der Waals surface area contributed by atoms with Gasteiger partial charge in [-0.05, 0) is 75.9 Å². The molecule has 0 saturated carbocycles. The molecule has 230 valence electrons. The summed E-state index contributed by atoms with van der Waals surface area (Å²) in [5, 5.41) is 2.74. The summed E-state index contributed by atoms with van der Waals surface area (Å²) in [6.45, 7) is 8.92. The Hall–Kier alpha value is -4.70. The minimum absolute atomic E-state index is 1.03. The van der Waals surface area contributed by atoms with Crippen molar-refractivity contribution in [2.75, 3.05) is 0 Å². The molecule has 0 atom stereocenters. The summed E-state index contributed by atoms with van der Waals surface area (Å²) in [5.41, 5.74) is 13.9. The first-order chi connectivity index (χ1) is 22.7.